The molecule has 0 saturated carbocycles. The van der Waals surface area contributed by atoms with Crippen LogP contribution in [0.2, 0.25) is 0 Å². The highest BCUT2D eigenvalue weighted by molar-refractivity contribution is 5.90. The molecule has 0 atom stereocenters. The number of hydrogen-bond acceptors (Lipinski definition) is 6. The first-order valence-corrected chi connectivity index (χ1v) is 5.49. The number of nitrogens with one attached hydrogen (secondary N) is 2. The van der Waals surface area contributed by atoms with E-state index in [-0.39, 0.29) is 0 Å². The van der Waals surface area contributed by atoms with Gasteiger partial charge in [0.2, 0.25) is 0 Å². The van der Waals surface area contributed by atoms with Crippen LogP contribution in [0.15, 0.2) is 29.1 Å². The Balaban J connectivity index is 2.31. The van der Waals surface area contributed by atoms with Crippen molar-refractivity contribution in [1.29, 1.82) is 0 Å². The van der Waals surface area contributed by atoms with Crippen LogP contribution < -0.4 is 11.0 Å². The highest BCUT2D eigenvalue weighted by Gasteiger charge is 2.07. The molecule has 7 nitrogen and oxygen atoms in total. The van der Waals surface area contributed by atoms with Crippen molar-refractivity contribution < 1.29 is 9.53 Å². The molecule has 0 fully saturated rings. The molecule has 0 radical (unpaired) electrons. The van der Waals surface area contributed by atoms with Crippen molar-refractivity contribution in [3.8, 4) is 0 Å². The number of H-pyrrole nitrogens is 1. The van der Waals surface area contributed by atoms with Crippen molar-refractivity contribution in [3.63, 3.8) is 0 Å². The molecule has 2 rings (SSSR count). The zero-order valence-corrected chi connectivity index (χ0v) is 10.4. The summed E-state index contributed by atoms with van der Waals surface area (Å²) in [6.07, 6.45) is 0. The number of hydrogen-bond donors (Lipinski definition) is 2. The summed E-state index contributed by atoms with van der Waals surface area (Å²) in [6, 6.07) is 6.68. The average Bonchev–Trinajstić information content (AvgIpc) is 2.42. The summed E-state index contributed by atoms with van der Waals surface area (Å²) in [5.74, 6) is -0.0943. The molecule has 1 heterocycles. The summed E-state index contributed by atoms with van der Waals surface area (Å²) >= 11 is 0. The summed E-state index contributed by atoms with van der Waals surface area (Å²) in [7, 11) is 1.31. The first-order valence-electron chi connectivity index (χ1n) is 5.49. The van der Waals surface area contributed by atoms with Crippen LogP contribution in [0.1, 0.15) is 16.1 Å². The number of anilines is 2. The minimum absolute atomic E-state index is 0.339. The number of methoxy groups -OCH3 is 1. The molecule has 0 aliphatic carbocycles. The topological polar surface area (TPSA) is 97.0 Å². The number of carbonyl (C=O) groups excluding carboxylic acids is 1. The normalized spacial score (nSPS) is 10.0. The Labute approximate surface area is 108 Å². The number of aromatic nitrogens is 3. The van der Waals surface area contributed by atoms with Gasteiger partial charge in [0.25, 0.3) is 0 Å². The Morgan fingerprint density at radius 1 is 1.42 bits per heavy atom. The number of carbonyl (C=O) groups is 1. The smallest absolute Gasteiger partial charge is 0.363 e. The molecule has 0 saturated heterocycles. The van der Waals surface area contributed by atoms with Crippen molar-refractivity contribution in [2.24, 2.45) is 0 Å². The molecule has 0 aliphatic heterocycles. The van der Waals surface area contributed by atoms with Gasteiger partial charge in [-0.15, -0.1) is 0 Å². The lowest BCUT2D eigenvalue weighted by Crippen LogP contribution is -2.15. The summed E-state index contributed by atoms with van der Waals surface area (Å²) in [6.45, 7) is 1.70. The molecule has 0 bridgehead atoms. The fraction of sp³-hybridized carbons (Fsp3) is 0.167. The van der Waals surface area contributed by atoms with Crippen molar-refractivity contribution in [3.05, 3.63) is 46.0 Å². The summed E-state index contributed by atoms with van der Waals surface area (Å²) in [4.78, 5) is 26.3. The van der Waals surface area contributed by atoms with Gasteiger partial charge in [0.05, 0.1) is 12.7 Å². The number of esters is 1. The van der Waals surface area contributed by atoms with E-state index in [1.54, 1.807) is 31.2 Å². The van der Waals surface area contributed by atoms with Crippen LogP contribution in [0.4, 0.5) is 11.5 Å². The van der Waals surface area contributed by atoms with E-state index in [2.05, 4.69) is 25.2 Å². The Morgan fingerprint density at radius 2 is 2.21 bits per heavy atom. The third-order valence-electron chi connectivity index (χ3n) is 2.42. The number of aromatic amines is 1. The van der Waals surface area contributed by atoms with Crippen LogP contribution in [0, 0.1) is 6.92 Å². The van der Waals surface area contributed by atoms with Crippen LogP contribution in [0.25, 0.3) is 0 Å². The molecule has 7 heteroatoms. The molecule has 98 valence electrons. The monoisotopic (exact) mass is 260 g/mol. The van der Waals surface area contributed by atoms with E-state index in [9.17, 15) is 9.59 Å². The molecule has 0 spiro atoms. The van der Waals surface area contributed by atoms with E-state index >= 15 is 0 Å². The second kappa shape index (κ2) is 5.30. The van der Waals surface area contributed by atoms with Crippen LogP contribution in [0.5, 0.6) is 0 Å². The lowest BCUT2D eigenvalue weighted by molar-refractivity contribution is 0.0601. The van der Waals surface area contributed by atoms with Gasteiger partial charge in [0.15, 0.2) is 5.82 Å². The van der Waals surface area contributed by atoms with E-state index in [1.807, 2.05) is 0 Å². The number of ether oxygens (including phenoxy) is 1. The zero-order chi connectivity index (χ0) is 13.8. The Bertz CT molecular complexity index is 666. The highest BCUT2D eigenvalue weighted by atomic mass is 16.5. The third-order valence-corrected chi connectivity index (χ3v) is 2.42. The van der Waals surface area contributed by atoms with Crippen molar-refractivity contribution in [2.45, 2.75) is 6.92 Å². The van der Waals surface area contributed by atoms with Gasteiger partial charge in [0, 0.05) is 5.69 Å². The van der Waals surface area contributed by atoms with Crippen LogP contribution in [-0.2, 0) is 4.74 Å². The first kappa shape index (κ1) is 12.7. The van der Waals surface area contributed by atoms with E-state index in [1.165, 1.54) is 7.11 Å². The van der Waals surface area contributed by atoms with E-state index in [0.29, 0.717) is 22.8 Å². The number of rotatable bonds is 3. The van der Waals surface area contributed by atoms with Crippen molar-refractivity contribution in [1.82, 2.24) is 15.2 Å². The largest absolute Gasteiger partial charge is 0.465 e. The van der Waals surface area contributed by atoms with Gasteiger partial charge in [-0.05, 0) is 25.1 Å². The van der Waals surface area contributed by atoms with Gasteiger partial charge in [-0.1, -0.05) is 6.07 Å². The molecule has 0 unspecified atom stereocenters. The van der Waals surface area contributed by atoms with Crippen LogP contribution >= 0.6 is 0 Å². The van der Waals surface area contributed by atoms with Gasteiger partial charge < -0.3 is 10.1 Å². The second-order valence-electron chi connectivity index (χ2n) is 3.77. The molecule has 1 aromatic heterocycles. The second-order valence-corrected chi connectivity index (χ2v) is 3.77. The molecule has 1 aromatic carbocycles. The minimum atomic E-state index is -0.544. The lowest BCUT2D eigenvalue weighted by atomic mass is 10.2. The maximum Gasteiger partial charge on any atom is 0.363 e. The maximum atomic E-state index is 11.4. The molecule has 2 aromatic rings. The predicted octanol–water partition coefficient (Wildman–Crippen LogP) is 1.00. The summed E-state index contributed by atoms with van der Waals surface area (Å²) in [5.41, 5.74) is 1.02. The van der Waals surface area contributed by atoms with Gasteiger partial charge in [-0.2, -0.15) is 10.1 Å². The fourth-order valence-corrected chi connectivity index (χ4v) is 1.49. The molecule has 0 aliphatic rings. The van der Waals surface area contributed by atoms with Crippen molar-refractivity contribution in [2.75, 3.05) is 12.4 Å². The molecule has 0 amide bonds. The van der Waals surface area contributed by atoms with E-state index in [0.717, 1.165) is 0 Å². The van der Waals surface area contributed by atoms with E-state index < -0.39 is 11.7 Å². The Morgan fingerprint density at radius 3 is 2.95 bits per heavy atom. The highest BCUT2D eigenvalue weighted by Crippen LogP contribution is 2.17. The molecular formula is C12H12N4O3. The number of aryl methyl sites for hydroxylation is 1. The fourth-order valence-electron chi connectivity index (χ4n) is 1.49. The van der Waals surface area contributed by atoms with Crippen LogP contribution in [0.3, 0.4) is 0 Å². The van der Waals surface area contributed by atoms with E-state index in [4.69, 9.17) is 0 Å². The molecular weight excluding hydrogens is 248 g/mol. The minimum Gasteiger partial charge on any atom is -0.465 e. The van der Waals surface area contributed by atoms with Crippen LogP contribution in [-0.4, -0.2) is 28.3 Å². The number of benzene rings is 1. The zero-order valence-electron chi connectivity index (χ0n) is 10.4. The maximum absolute atomic E-state index is 11.4. The summed E-state index contributed by atoms with van der Waals surface area (Å²) < 4.78 is 4.63. The molecule has 2 N–H and O–H groups in total. The third kappa shape index (κ3) is 2.95. The average molecular weight is 260 g/mol. The quantitative estimate of drug-likeness (QED) is 0.799. The predicted molar refractivity (Wildman–Crippen MR) is 68.5 cm³/mol. The first-order chi connectivity index (χ1) is 9.10. The lowest BCUT2D eigenvalue weighted by Gasteiger charge is -2.07. The standard InChI is InChI=1S/C12H12N4O3/c1-7-10(14-12(18)16-15-7)13-9-5-3-4-8(6-9)11(17)19-2/h3-6H,1-2H3,(H2,13,14,16,18). The van der Waals surface area contributed by atoms with Gasteiger partial charge in [-0.3, -0.25) is 0 Å². The van der Waals surface area contributed by atoms with Gasteiger partial charge >= 0.3 is 11.7 Å². The van der Waals surface area contributed by atoms with Gasteiger partial charge in [0.1, 0.15) is 5.69 Å². The Kier molecular flexibility index (Phi) is 3.56. The van der Waals surface area contributed by atoms with Crippen molar-refractivity contribution >= 4 is 17.5 Å². The Hall–Kier alpha value is -2.70. The summed E-state index contributed by atoms with van der Waals surface area (Å²) in [5, 5.41) is 8.96. The SMILES string of the molecule is COC(=O)c1cccc(Nc2nc(=O)[nH]nc2C)c1. The number of nitrogens with zero attached hydrogens (tertiary/aromatic N) is 2. The van der Waals surface area contributed by atoms with Gasteiger partial charge in [-0.25, -0.2) is 14.7 Å². The molecule has 19 heavy (non-hydrogen) atoms.